The molecule has 1 fully saturated rings. The Hall–Kier alpha value is -3.10. The summed E-state index contributed by atoms with van der Waals surface area (Å²) in [4.78, 5) is 49.2. The lowest BCUT2D eigenvalue weighted by molar-refractivity contribution is -0.152. The summed E-state index contributed by atoms with van der Waals surface area (Å²) in [6, 6.07) is 4.80. The van der Waals surface area contributed by atoms with Crippen molar-refractivity contribution in [1.82, 2.24) is 10.6 Å². The second kappa shape index (κ2) is 9.72. The number of nitrogens with zero attached hydrogens (tertiary/aromatic N) is 1. The molecule has 1 heterocycles. The monoisotopic (exact) mass is 391 g/mol. The van der Waals surface area contributed by atoms with Crippen molar-refractivity contribution >= 4 is 29.5 Å². The molecule has 0 aliphatic carbocycles. The molecule has 1 aromatic rings. The lowest BCUT2D eigenvalue weighted by Gasteiger charge is -2.20. The third kappa shape index (κ3) is 5.45. The number of imide groups is 1. The molecule has 2 N–H and O–H groups in total. The molecule has 0 saturated carbocycles. The fourth-order valence-corrected chi connectivity index (χ4v) is 2.81. The Bertz CT molecular complexity index is 764. The molecule has 1 aromatic carbocycles. The highest BCUT2D eigenvalue weighted by atomic mass is 16.5. The molecule has 1 aliphatic rings. The Kier molecular flexibility index (Phi) is 7.36. The molecule has 152 valence electrons. The summed E-state index contributed by atoms with van der Waals surface area (Å²) >= 11 is 0. The predicted octanol–water partition coefficient (Wildman–Crippen LogP) is 1.14. The molecular weight excluding hydrogens is 366 g/mol. The van der Waals surface area contributed by atoms with Gasteiger partial charge in [-0.25, -0.2) is 4.79 Å². The highest BCUT2D eigenvalue weighted by molar-refractivity contribution is 6.01. The maximum Gasteiger partial charge on any atom is 0.321 e. The number of hydrogen-bond acceptors (Lipinski definition) is 6. The lowest BCUT2D eigenvalue weighted by Crippen LogP contribution is -2.42. The van der Waals surface area contributed by atoms with E-state index in [1.807, 2.05) is 26.0 Å². The smallest absolute Gasteiger partial charge is 0.321 e. The first-order chi connectivity index (χ1) is 13.3. The van der Waals surface area contributed by atoms with Gasteiger partial charge in [-0.2, -0.15) is 0 Å². The average Bonchev–Trinajstić information content (AvgIpc) is 3.06. The number of carbonyl (C=O) groups is 4. The van der Waals surface area contributed by atoms with E-state index >= 15 is 0 Å². The van der Waals surface area contributed by atoms with Crippen LogP contribution >= 0.6 is 0 Å². The molecule has 9 nitrogen and oxygen atoms in total. The first-order valence-corrected chi connectivity index (χ1v) is 9.05. The van der Waals surface area contributed by atoms with Crippen LogP contribution in [-0.4, -0.2) is 50.6 Å². The van der Waals surface area contributed by atoms with Gasteiger partial charge in [0.2, 0.25) is 5.91 Å². The molecule has 1 saturated heterocycles. The summed E-state index contributed by atoms with van der Waals surface area (Å²) in [5.74, 6) is -1.78. The van der Waals surface area contributed by atoms with E-state index in [9.17, 15) is 19.2 Å². The zero-order chi connectivity index (χ0) is 20.7. The molecule has 0 bridgehead atoms. The van der Waals surface area contributed by atoms with Gasteiger partial charge in [0.15, 0.2) is 6.61 Å². The average molecular weight is 391 g/mol. The predicted molar refractivity (Wildman–Crippen MR) is 101 cm³/mol. The lowest BCUT2D eigenvalue weighted by atomic mass is 10.1. The van der Waals surface area contributed by atoms with Crippen LogP contribution in [0.1, 0.15) is 25.3 Å². The third-order valence-corrected chi connectivity index (χ3v) is 4.22. The summed E-state index contributed by atoms with van der Waals surface area (Å²) in [6.07, 6.45) is 0.711. The van der Waals surface area contributed by atoms with Crippen LogP contribution in [-0.2, 0) is 19.1 Å². The second-order valence-corrected chi connectivity index (χ2v) is 6.49. The van der Waals surface area contributed by atoms with Gasteiger partial charge in [-0.3, -0.25) is 19.7 Å². The number of urea groups is 1. The summed E-state index contributed by atoms with van der Waals surface area (Å²) in [6.45, 7) is 3.75. The topological polar surface area (TPSA) is 114 Å². The highest BCUT2D eigenvalue weighted by Crippen LogP contribution is 2.34. The summed E-state index contributed by atoms with van der Waals surface area (Å²) in [7, 11) is 1.51. The molecular formula is C19H25N3O6. The van der Waals surface area contributed by atoms with E-state index < -0.39 is 30.4 Å². The fraction of sp³-hybridized carbons (Fsp3) is 0.474. The molecule has 2 rings (SSSR count). The number of ether oxygens (including phenoxy) is 2. The maximum atomic E-state index is 12.4. The molecule has 9 heteroatoms. The van der Waals surface area contributed by atoms with Crippen molar-refractivity contribution in [3.63, 3.8) is 0 Å². The van der Waals surface area contributed by atoms with Gasteiger partial charge in [0.05, 0.1) is 18.7 Å². The number of benzene rings is 1. The first-order valence-electron chi connectivity index (χ1n) is 9.05. The van der Waals surface area contributed by atoms with Crippen LogP contribution in [0.3, 0.4) is 0 Å². The zero-order valence-corrected chi connectivity index (χ0v) is 16.2. The van der Waals surface area contributed by atoms with Gasteiger partial charge < -0.3 is 19.7 Å². The molecule has 0 unspecified atom stereocenters. The maximum absolute atomic E-state index is 12.4. The second-order valence-electron chi connectivity index (χ2n) is 6.49. The van der Waals surface area contributed by atoms with Crippen molar-refractivity contribution in [2.75, 3.05) is 31.7 Å². The minimum absolute atomic E-state index is 0.0193. The van der Waals surface area contributed by atoms with Crippen LogP contribution in [0.15, 0.2) is 18.2 Å². The Balaban J connectivity index is 1.91. The van der Waals surface area contributed by atoms with Gasteiger partial charge in [-0.05, 0) is 31.0 Å². The molecule has 1 aliphatic heterocycles. The summed E-state index contributed by atoms with van der Waals surface area (Å²) < 4.78 is 10.3. The van der Waals surface area contributed by atoms with Crippen LogP contribution in [0.25, 0.3) is 0 Å². The van der Waals surface area contributed by atoms with Gasteiger partial charge in [0.25, 0.3) is 5.91 Å². The SMILES string of the molecule is CCCNC(=O)NC(=O)COC(=O)[C@@H]1CC(=O)N(c2cc(C)ccc2OC)C1. The van der Waals surface area contributed by atoms with E-state index in [4.69, 9.17) is 9.47 Å². The number of aryl methyl sites for hydroxylation is 1. The first kappa shape index (κ1) is 21.2. The number of hydrogen-bond donors (Lipinski definition) is 2. The van der Waals surface area contributed by atoms with Crippen molar-refractivity contribution in [1.29, 1.82) is 0 Å². The van der Waals surface area contributed by atoms with Crippen molar-refractivity contribution in [3.05, 3.63) is 23.8 Å². The number of nitrogens with one attached hydrogen (secondary N) is 2. The number of amides is 4. The molecule has 0 aromatic heterocycles. The van der Waals surface area contributed by atoms with E-state index in [-0.39, 0.29) is 18.9 Å². The normalized spacial score (nSPS) is 15.9. The van der Waals surface area contributed by atoms with E-state index in [0.29, 0.717) is 18.0 Å². The Labute approximate surface area is 163 Å². The van der Waals surface area contributed by atoms with Gasteiger partial charge >= 0.3 is 12.0 Å². The van der Waals surface area contributed by atoms with E-state index in [2.05, 4.69) is 10.6 Å². The van der Waals surface area contributed by atoms with Crippen LogP contribution in [0.5, 0.6) is 5.75 Å². The van der Waals surface area contributed by atoms with Gasteiger partial charge in [0.1, 0.15) is 5.75 Å². The van der Waals surface area contributed by atoms with Crippen LogP contribution in [0.4, 0.5) is 10.5 Å². The number of anilines is 1. The molecule has 1 atom stereocenters. The Morgan fingerprint density at radius 3 is 2.71 bits per heavy atom. The number of esters is 1. The van der Waals surface area contributed by atoms with E-state index in [1.165, 1.54) is 12.0 Å². The summed E-state index contributed by atoms with van der Waals surface area (Å²) in [5, 5.41) is 4.54. The minimum atomic E-state index is -0.733. The standard InChI is InChI=1S/C19H25N3O6/c1-4-7-20-19(26)21-16(23)11-28-18(25)13-9-17(24)22(10-13)14-8-12(2)5-6-15(14)27-3/h5-6,8,13H,4,7,9-11H2,1-3H3,(H2,20,21,23,26)/t13-/m1/s1. The molecule has 0 radical (unpaired) electrons. The summed E-state index contributed by atoms with van der Waals surface area (Å²) in [5.41, 5.74) is 1.54. The number of methoxy groups -OCH3 is 1. The van der Waals surface area contributed by atoms with Gasteiger partial charge in [0, 0.05) is 19.5 Å². The Morgan fingerprint density at radius 2 is 2.04 bits per heavy atom. The molecule has 4 amide bonds. The van der Waals surface area contributed by atoms with E-state index in [0.717, 1.165) is 12.0 Å². The third-order valence-electron chi connectivity index (χ3n) is 4.22. The molecule has 0 spiro atoms. The van der Waals surface area contributed by atoms with Crippen molar-refractivity contribution in [2.45, 2.75) is 26.7 Å². The molecule has 28 heavy (non-hydrogen) atoms. The fourth-order valence-electron chi connectivity index (χ4n) is 2.81. The van der Waals surface area contributed by atoms with Crippen LogP contribution in [0.2, 0.25) is 0 Å². The van der Waals surface area contributed by atoms with Crippen LogP contribution < -0.4 is 20.3 Å². The van der Waals surface area contributed by atoms with Crippen molar-refractivity contribution in [3.8, 4) is 5.75 Å². The van der Waals surface area contributed by atoms with Crippen molar-refractivity contribution in [2.24, 2.45) is 5.92 Å². The zero-order valence-electron chi connectivity index (χ0n) is 16.2. The Morgan fingerprint density at radius 1 is 1.29 bits per heavy atom. The largest absolute Gasteiger partial charge is 0.495 e. The van der Waals surface area contributed by atoms with Crippen LogP contribution in [0, 0.1) is 12.8 Å². The highest BCUT2D eigenvalue weighted by Gasteiger charge is 2.37. The number of carbonyl (C=O) groups excluding carboxylic acids is 4. The quantitative estimate of drug-likeness (QED) is 0.674. The number of rotatable bonds is 7. The van der Waals surface area contributed by atoms with Gasteiger partial charge in [-0.1, -0.05) is 13.0 Å². The van der Waals surface area contributed by atoms with Gasteiger partial charge in [-0.15, -0.1) is 0 Å². The minimum Gasteiger partial charge on any atom is -0.495 e. The van der Waals surface area contributed by atoms with E-state index in [1.54, 1.807) is 6.07 Å². The van der Waals surface area contributed by atoms with Crippen molar-refractivity contribution < 1.29 is 28.7 Å².